The lowest BCUT2D eigenvalue weighted by Gasteiger charge is -2.23. The van der Waals surface area contributed by atoms with Crippen LogP contribution in [0.15, 0.2) is 0 Å². The number of hydrogen-bond acceptors (Lipinski definition) is 0. The Bertz CT molecular complexity index is 217. The number of hydrogen-bond donors (Lipinski definition) is 0. The Labute approximate surface area is 92.5 Å². The molecule has 1 heterocycles. The van der Waals surface area contributed by atoms with Crippen LogP contribution in [-0.2, 0) is 0 Å². The van der Waals surface area contributed by atoms with Crippen LogP contribution in [0.3, 0.4) is 0 Å². The van der Waals surface area contributed by atoms with E-state index >= 15 is 0 Å². The first-order valence-corrected chi connectivity index (χ1v) is 6.62. The van der Waals surface area contributed by atoms with E-state index in [1.165, 1.54) is 54.8 Å². The van der Waals surface area contributed by atoms with Crippen LogP contribution in [0.4, 0.5) is 0 Å². The van der Waals surface area contributed by atoms with Crippen LogP contribution in [0.5, 0.6) is 0 Å². The van der Waals surface area contributed by atoms with E-state index in [4.69, 9.17) is 0 Å². The molecule has 0 radical (unpaired) electrons. The van der Waals surface area contributed by atoms with E-state index < -0.39 is 0 Å². The molecule has 1 saturated heterocycles. The zero-order valence-corrected chi connectivity index (χ0v) is 10.2. The summed E-state index contributed by atoms with van der Waals surface area (Å²) in [7, 11) is 7.45. The highest BCUT2D eigenvalue weighted by Crippen LogP contribution is 2.74. The highest BCUT2D eigenvalue weighted by atomic mass is 14.6. The highest BCUT2D eigenvalue weighted by Gasteiger charge is 2.61. The summed E-state index contributed by atoms with van der Waals surface area (Å²) in [6, 6.07) is 0. The molecule has 0 aromatic rings. The maximum absolute atomic E-state index is 2.55. The van der Waals surface area contributed by atoms with Crippen molar-refractivity contribution in [3.63, 3.8) is 0 Å². The van der Waals surface area contributed by atoms with Gasteiger partial charge >= 0.3 is 0 Å². The van der Waals surface area contributed by atoms with Gasteiger partial charge in [0.25, 0.3) is 0 Å². The summed E-state index contributed by atoms with van der Waals surface area (Å²) < 4.78 is 0. The van der Waals surface area contributed by atoms with Crippen LogP contribution in [0.25, 0.3) is 0 Å². The SMILES string of the molecule is CCC12CC(C)BBBBB[C@@]1(C)C2. The minimum Gasteiger partial charge on any atom is -0.0763 e. The number of fused-ring (bicyclic) bond motifs is 1. The molecule has 2 fully saturated rings. The summed E-state index contributed by atoms with van der Waals surface area (Å²) >= 11 is 0. The molecule has 2 rings (SSSR count). The second-order valence-corrected chi connectivity index (χ2v) is 6.28. The lowest BCUT2D eigenvalue weighted by atomic mass is 8.99. The summed E-state index contributed by atoms with van der Waals surface area (Å²) in [6.45, 7) is 7.44. The van der Waals surface area contributed by atoms with Gasteiger partial charge in [-0.2, -0.15) is 0 Å². The van der Waals surface area contributed by atoms with Gasteiger partial charge in [-0.1, -0.05) is 44.7 Å². The summed E-state index contributed by atoms with van der Waals surface area (Å²) in [5.41, 5.74) is 0.761. The van der Waals surface area contributed by atoms with Crippen LogP contribution in [0, 0.1) is 5.41 Å². The van der Waals surface area contributed by atoms with Gasteiger partial charge in [0.1, 0.15) is 0 Å². The van der Waals surface area contributed by atoms with E-state index in [-0.39, 0.29) is 0 Å². The van der Waals surface area contributed by atoms with Crippen molar-refractivity contribution < 1.29 is 0 Å². The van der Waals surface area contributed by atoms with Crippen LogP contribution in [-0.4, -0.2) is 35.5 Å². The third-order valence-corrected chi connectivity index (χ3v) is 5.23. The van der Waals surface area contributed by atoms with E-state index in [0.717, 1.165) is 16.5 Å². The third kappa shape index (κ3) is 1.72. The number of rotatable bonds is 1. The van der Waals surface area contributed by atoms with Crippen LogP contribution in [0.1, 0.15) is 40.0 Å². The van der Waals surface area contributed by atoms with E-state index in [9.17, 15) is 0 Å². The van der Waals surface area contributed by atoms with Crippen molar-refractivity contribution in [3.05, 3.63) is 0 Å². The van der Waals surface area contributed by atoms with Crippen molar-refractivity contribution in [3.8, 4) is 0 Å². The van der Waals surface area contributed by atoms with Crippen molar-refractivity contribution in [2.75, 3.05) is 0 Å². The Kier molecular flexibility index (Phi) is 2.88. The van der Waals surface area contributed by atoms with E-state index in [1.807, 2.05) is 0 Å². The molecule has 0 aromatic heterocycles. The van der Waals surface area contributed by atoms with Crippen molar-refractivity contribution in [1.29, 1.82) is 0 Å². The normalized spacial score (nSPS) is 45.8. The highest BCUT2D eigenvalue weighted by molar-refractivity contribution is 7.53. The van der Waals surface area contributed by atoms with Gasteiger partial charge < -0.3 is 0 Å². The average Bonchev–Trinajstić information content (AvgIpc) is 2.70. The Hall–Kier alpha value is 0.325. The molecule has 0 amide bonds. The fraction of sp³-hybridized carbons (Fsp3) is 1.00. The van der Waals surface area contributed by atoms with Gasteiger partial charge in [0.2, 0.25) is 0 Å². The van der Waals surface area contributed by atoms with Gasteiger partial charge in [-0.15, -0.1) is 0 Å². The maximum atomic E-state index is 2.55. The van der Waals surface area contributed by atoms with Crippen molar-refractivity contribution in [2.45, 2.75) is 51.2 Å². The van der Waals surface area contributed by atoms with Crippen LogP contribution >= 0.6 is 0 Å². The smallest absolute Gasteiger partial charge is 0.0763 e. The molecule has 5 heteroatoms. The first-order valence-electron chi connectivity index (χ1n) is 6.62. The largest absolute Gasteiger partial charge is 0.0858 e. The molecule has 0 bridgehead atoms. The molecular formula is C9H21B5. The van der Waals surface area contributed by atoms with Crippen molar-refractivity contribution in [1.82, 2.24) is 0 Å². The summed E-state index contributed by atoms with van der Waals surface area (Å²) in [5.74, 6) is 0.981. The standard InChI is InChI=1S/C9H21B5/c1-4-9-5-7(2)10-12-14-13-11-8(9,3)6-9/h7,10-14H,4-6H2,1-3H3/t7?,8-,9?/m0/s1. The molecule has 14 heavy (non-hydrogen) atoms. The predicted octanol–water partition coefficient (Wildman–Crippen LogP) is 0.0197. The Morgan fingerprint density at radius 2 is 2.07 bits per heavy atom. The molecule has 2 unspecified atom stereocenters. The van der Waals surface area contributed by atoms with E-state index in [0.29, 0.717) is 0 Å². The van der Waals surface area contributed by atoms with Gasteiger partial charge in [0.05, 0.1) is 14.3 Å². The van der Waals surface area contributed by atoms with Crippen molar-refractivity contribution in [2.24, 2.45) is 5.41 Å². The Balaban J connectivity index is 2.08. The molecule has 72 valence electrons. The Morgan fingerprint density at radius 1 is 1.29 bits per heavy atom. The van der Waals surface area contributed by atoms with Gasteiger partial charge in [0, 0.05) is 21.2 Å². The van der Waals surface area contributed by atoms with Crippen LogP contribution in [0.2, 0.25) is 11.1 Å². The summed E-state index contributed by atoms with van der Waals surface area (Å²) in [6.07, 6.45) is 4.47. The first kappa shape index (κ1) is 10.8. The lowest BCUT2D eigenvalue weighted by Crippen LogP contribution is -2.25. The fourth-order valence-electron chi connectivity index (χ4n) is 4.02. The quantitative estimate of drug-likeness (QED) is 0.503. The summed E-state index contributed by atoms with van der Waals surface area (Å²) in [5, 5.41) is 0.736. The molecule has 0 nitrogen and oxygen atoms in total. The predicted molar refractivity (Wildman–Crippen MR) is 75.5 cm³/mol. The van der Waals surface area contributed by atoms with Gasteiger partial charge in [0.15, 0.2) is 0 Å². The van der Waals surface area contributed by atoms with E-state index in [1.54, 1.807) is 0 Å². The molecule has 2 aliphatic rings. The average molecular weight is 183 g/mol. The minimum absolute atomic E-state index is 0.736. The molecule has 0 N–H and O–H groups in total. The second kappa shape index (κ2) is 3.72. The molecule has 0 aromatic carbocycles. The first-order chi connectivity index (χ1) is 6.62. The molecule has 1 aliphatic heterocycles. The summed E-state index contributed by atoms with van der Waals surface area (Å²) in [4.78, 5) is 0. The maximum Gasteiger partial charge on any atom is 0.0858 e. The van der Waals surface area contributed by atoms with E-state index in [2.05, 4.69) is 20.8 Å². The molecule has 1 aliphatic carbocycles. The zero-order chi connectivity index (χ0) is 10.2. The molecule has 1 saturated carbocycles. The van der Waals surface area contributed by atoms with Gasteiger partial charge in [-0.3, -0.25) is 0 Å². The Morgan fingerprint density at radius 3 is 2.79 bits per heavy atom. The molecule has 0 spiro atoms. The fourth-order valence-corrected chi connectivity index (χ4v) is 4.02. The minimum atomic E-state index is 0.736. The van der Waals surface area contributed by atoms with Gasteiger partial charge in [-0.25, -0.2) is 0 Å². The van der Waals surface area contributed by atoms with Gasteiger partial charge in [-0.05, 0) is 11.8 Å². The third-order valence-electron chi connectivity index (χ3n) is 5.23. The lowest BCUT2D eigenvalue weighted by molar-refractivity contribution is 0.414. The topological polar surface area (TPSA) is 0 Å². The molecular weight excluding hydrogens is 162 g/mol. The van der Waals surface area contributed by atoms with Crippen LogP contribution < -0.4 is 0 Å². The zero-order valence-electron chi connectivity index (χ0n) is 10.2. The van der Waals surface area contributed by atoms with Crippen molar-refractivity contribution >= 4 is 35.5 Å². The molecule has 3 atom stereocenters. The second-order valence-electron chi connectivity index (χ2n) is 6.28. The monoisotopic (exact) mass is 184 g/mol.